The number of benzene rings is 2. The number of esters is 2. The van der Waals surface area contributed by atoms with Crippen LogP contribution in [-0.4, -0.2) is 31.8 Å². The predicted molar refractivity (Wildman–Crippen MR) is 88.8 cm³/mol. The highest BCUT2D eigenvalue weighted by Crippen LogP contribution is 2.11. The van der Waals surface area contributed by atoms with E-state index in [0.717, 1.165) is 5.56 Å². The van der Waals surface area contributed by atoms with Crippen molar-refractivity contribution in [2.24, 2.45) is 0 Å². The Bertz CT molecular complexity index is 680. The molecule has 2 rings (SSSR count). The SMILES string of the molecule is Cc1ccc(OC(=O)COCCOC(=O)c2ccc(N)cc2)cc1. The number of carbonyl (C=O) groups is 2. The summed E-state index contributed by atoms with van der Waals surface area (Å²) >= 11 is 0. The summed E-state index contributed by atoms with van der Waals surface area (Å²) in [5.74, 6) is -0.520. The van der Waals surface area contributed by atoms with Crippen LogP contribution >= 0.6 is 0 Å². The van der Waals surface area contributed by atoms with Crippen molar-refractivity contribution in [2.75, 3.05) is 25.6 Å². The smallest absolute Gasteiger partial charge is 0.338 e. The quantitative estimate of drug-likeness (QED) is 0.363. The molecule has 0 aliphatic carbocycles. The first-order valence-electron chi connectivity index (χ1n) is 7.42. The van der Waals surface area contributed by atoms with E-state index in [1.165, 1.54) is 0 Å². The fraction of sp³-hybridized carbons (Fsp3) is 0.222. The summed E-state index contributed by atoms with van der Waals surface area (Å²) < 4.78 is 15.2. The zero-order valence-electron chi connectivity index (χ0n) is 13.4. The summed E-state index contributed by atoms with van der Waals surface area (Å²) in [5.41, 5.74) is 7.60. The van der Waals surface area contributed by atoms with Gasteiger partial charge in [0.25, 0.3) is 0 Å². The molecule has 0 spiro atoms. The molecular weight excluding hydrogens is 310 g/mol. The molecule has 0 fully saturated rings. The third-order valence-electron chi connectivity index (χ3n) is 3.08. The van der Waals surface area contributed by atoms with Crippen LogP contribution in [0.5, 0.6) is 5.75 Å². The average Bonchev–Trinajstić information content (AvgIpc) is 2.57. The summed E-state index contributed by atoms with van der Waals surface area (Å²) in [5, 5.41) is 0. The Kier molecular flexibility index (Phi) is 6.33. The lowest BCUT2D eigenvalue weighted by Gasteiger charge is -2.07. The summed E-state index contributed by atoms with van der Waals surface area (Å²) in [6.07, 6.45) is 0. The van der Waals surface area contributed by atoms with Gasteiger partial charge in [0.15, 0.2) is 0 Å². The molecule has 0 unspecified atom stereocenters. The number of nitrogens with two attached hydrogens (primary N) is 1. The number of anilines is 1. The Labute approximate surface area is 140 Å². The van der Waals surface area contributed by atoms with E-state index in [1.54, 1.807) is 36.4 Å². The van der Waals surface area contributed by atoms with Crippen molar-refractivity contribution in [3.05, 3.63) is 59.7 Å². The zero-order valence-corrected chi connectivity index (χ0v) is 13.4. The minimum absolute atomic E-state index is 0.0427. The van der Waals surface area contributed by atoms with E-state index in [0.29, 0.717) is 17.0 Å². The molecule has 6 nitrogen and oxygen atoms in total. The van der Waals surface area contributed by atoms with Crippen LogP contribution in [0.1, 0.15) is 15.9 Å². The largest absolute Gasteiger partial charge is 0.460 e. The van der Waals surface area contributed by atoms with E-state index in [9.17, 15) is 9.59 Å². The molecule has 126 valence electrons. The number of carbonyl (C=O) groups excluding carboxylic acids is 2. The van der Waals surface area contributed by atoms with Gasteiger partial charge in [0, 0.05) is 5.69 Å². The highest BCUT2D eigenvalue weighted by Gasteiger charge is 2.08. The first-order valence-corrected chi connectivity index (χ1v) is 7.42. The fourth-order valence-corrected chi connectivity index (χ4v) is 1.82. The molecule has 2 N–H and O–H groups in total. The Balaban J connectivity index is 1.62. The zero-order chi connectivity index (χ0) is 17.4. The van der Waals surface area contributed by atoms with Gasteiger partial charge in [-0.25, -0.2) is 9.59 Å². The Morgan fingerprint density at radius 2 is 1.62 bits per heavy atom. The lowest BCUT2D eigenvalue weighted by molar-refractivity contribution is -0.139. The number of nitrogen functional groups attached to an aromatic ring is 1. The van der Waals surface area contributed by atoms with Gasteiger partial charge in [-0.1, -0.05) is 17.7 Å². The van der Waals surface area contributed by atoms with Crippen LogP contribution < -0.4 is 10.5 Å². The second-order valence-corrected chi connectivity index (χ2v) is 5.10. The molecule has 2 aromatic carbocycles. The van der Waals surface area contributed by atoms with E-state index in [4.69, 9.17) is 19.9 Å². The van der Waals surface area contributed by atoms with Crippen molar-refractivity contribution >= 4 is 17.6 Å². The van der Waals surface area contributed by atoms with Gasteiger partial charge < -0.3 is 19.9 Å². The standard InChI is InChI=1S/C18H19NO5/c1-13-2-8-16(9-3-13)24-17(20)12-22-10-11-23-18(21)14-4-6-15(19)7-5-14/h2-9H,10-12,19H2,1H3. The molecule has 0 heterocycles. The fourth-order valence-electron chi connectivity index (χ4n) is 1.82. The molecule has 0 radical (unpaired) electrons. The molecule has 2 aromatic rings. The maximum atomic E-state index is 11.7. The van der Waals surface area contributed by atoms with Gasteiger partial charge in [-0.05, 0) is 43.3 Å². The van der Waals surface area contributed by atoms with E-state index in [1.807, 2.05) is 19.1 Å². The molecule has 0 atom stereocenters. The minimum Gasteiger partial charge on any atom is -0.460 e. The lowest BCUT2D eigenvalue weighted by atomic mass is 10.2. The second-order valence-electron chi connectivity index (χ2n) is 5.10. The van der Waals surface area contributed by atoms with Crippen molar-refractivity contribution in [2.45, 2.75) is 6.92 Å². The summed E-state index contributed by atoms with van der Waals surface area (Å²) in [4.78, 5) is 23.3. The monoisotopic (exact) mass is 329 g/mol. The van der Waals surface area contributed by atoms with Gasteiger partial charge >= 0.3 is 11.9 Å². The maximum absolute atomic E-state index is 11.7. The van der Waals surface area contributed by atoms with Crippen molar-refractivity contribution in [1.29, 1.82) is 0 Å². The van der Waals surface area contributed by atoms with Crippen LogP contribution in [0.15, 0.2) is 48.5 Å². The first kappa shape index (κ1) is 17.5. The van der Waals surface area contributed by atoms with Crippen LogP contribution in [0.4, 0.5) is 5.69 Å². The number of rotatable bonds is 7. The number of ether oxygens (including phenoxy) is 3. The molecule has 24 heavy (non-hydrogen) atoms. The molecule has 6 heteroatoms. The number of aryl methyl sites for hydroxylation is 1. The molecule has 0 saturated carbocycles. The topological polar surface area (TPSA) is 87.9 Å². The molecule has 0 saturated heterocycles. The third-order valence-corrected chi connectivity index (χ3v) is 3.08. The molecule has 0 aliphatic rings. The first-order chi connectivity index (χ1) is 11.5. The van der Waals surface area contributed by atoms with Gasteiger partial charge in [0.1, 0.15) is 19.0 Å². The second kappa shape index (κ2) is 8.69. The van der Waals surface area contributed by atoms with Gasteiger partial charge in [0.2, 0.25) is 0 Å². The molecule has 0 bridgehead atoms. The van der Waals surface area contributed by atoms with Crippen LogP contribution in [0, 0.1) is 6.92 Å². The number of hydrogen-bond donors (Lipinski definition) is 1. The van der Waals surface area contributed by atoms with Crippen LogP contribution in [0.25, 0.3) is 0 Å². The number of hydrogen-bond acceptors (Lipinski definition) is 6. The van der Waals surface area contributed by atoms with Gasteiger partial charge in [-0.2, -0.15) is 0 Å². The van der Waals surface area contributed by atoms with Gasteiger partial charge in [-0.3, -0.25) is 0 Å². The van der Waals surface area contributed by atoms with Crippen LogP contribution in [-0.2, 0) is 14.3 Å². The van der Waals surface area contributed by atoms with E-state index >= 15 is 0 Å². The lowest BCUT2D eigenvalue weighted by Crippen LogP contribution is -2.18. The van der Waals surface area contributed by atoms with Gasteiger partial charge in [0.05, 0.1) is 12.2 Å². The maximum Gasteiger partial charge on any atom is 0.338 e. The molecule has 0 amide bonds. The normalized spacial score (nSPS) is 10.2. The minimum atomic E-state index is -0.510. The third kappa shape index (κ3) is 5.73. The van der Waals surface area contributed by atoms with Crippen molar-refractivity contribution < 1.29 is 23.8 Å². The van der Waals surface area contributed by atoms with Crippen molar-refractivity contribution in [3.63, 3.8) is 0 Å². The highest BCUT2D eigenvalue weighted by molar-refractivity contribution is 5.89. The molecule has 0 aromatic heterocycles. The Hall–Kier alpha value is -2.86. The van der Waals surface area contributed by atoms with Crippen LogP contribution in [0.2, 0.25) is 0 Å². The summed E-state index contributed by atoms with van der Waals surface area (Å²) in [6, 6.07) is 13.5. The van der Waals surface area contributed by atoms with Crippen LogP contribution in [0.3, 0.4) is 0 Å². The van der Waals surface area contributed by atoms with Crippen molar-refractivity contribution in [1.82, 2.24) is 0 Å². The van der Waals surface area contributed by atoms with Crippen molar-refractivity contribution in [3.8, 4) is 5.75 Å². The Morgan fingerprint density at radius 1 is 0.958 bits per heavy atom. The van der Waals surface area contributed by atoms with Gasteiger partial charge in [-0.15, -0.1) is 0 Å². The molecule has 0 aliphatic heterocycles. The molecular formula is C18H19NO5. The summed E-state index contributed by atoms with van der Waals surface area (Å²) in [7, 11) is 0. The predicted octanol–water partition coefficient (Wildman–Crippen LogP) is 2.36. The van der Waals surface area contributed by atoms with E-state index in [-0.39, 0.29) is 19.8 Å². The highest BCUT2D eigenvalue weighted by atomic mass is 16.6. The average molecular weight is 329 g/mol. The van der Waals surface area contributed by atoms with E-state index < -0.39 is 11.9 Å². The summed E-state index contributed by atoms with van der Waals surface area (Å²) in [6.45, 7) is 1.87. The van der Waals surface area contributed by atoms with E-state index in [2.05, 4.69) is 0 Å². The Morgan fingerprint density at radius 3 is 2.29 bits per heavy atom.